The Morgan fingerprint density at radius 2 is 2.22 bits per heavy atom. The van der Waals surface area contributed by atoms with E-state index in [1.165, 1.54) is 0 Å². The van der Waals surface area contributed by atoms with Crippen molar-refractivity contribution in [3.8, 4) is 0 Å². The molecule has 0 atom stereocenters. The minimum absolute atomic E-state index is 0.944. The van der Waals surface area contributed by atoms with Crippen molar-refractivity contribution in [2.24, 2.45) is 0 Å². The van der Waals surface area contributed by atoms with E-state index in [2.05, 4.69) is 13.0 Å². The topological polar surface area (TPSA) is 0 Å². The zero-order chi connectivity index (χ0) is 7.11. The zero-order valence-corrected chi connectivity index (χ0v) is 6.78. The third-order valence-corrected chi connectivity index (χ3v) is 1.47. The molecule has 0 bridgehead atoms. The van der Waals surface area contributed by atoms with Crippen molar-refractivity contribution in [2.45, 2.75) is 26.7 Å². The minimum Gasteiger partial charge on any atom is -0.0914 e. The smallest absolute Gasteiger partial charge is 0.0141 e. The molecule has 0 unspecified atom stereocenters. The third kappa shape index (κ3) is 5.64. The Hall–Kier alpha value is -0.230. The predicted molar refractivity (Wildman–Crippen MR) is 43.7 cm³/mol. The Kier molecular flexibility index (Phi) is 5.75. The van der Waals surface area contributed by atoms with E-state index < -0.39 is 0 Å². The van der Waals surface area contributed by atoms with Crippen LogP contribution in [0.5, 0.6) is 0 Å². The fourth-order valence-electron chi connectivity index (χ4n) is 0.476. The Bertz CT molecular complexity index is 112. The molecule has 0 aromatic carbocycles. The molecular formula is C8H13Cl. The number of allylic oxidation sites excluding steroid dienone is 4. The Morgan fingerprint density at radius 1 is 1.56 bits per heavy atom. The van der Waals surface area contributed by atoms with Gasteiger partial charge in [-0.25, -0.2) is 0 Å². The Balaban J connectivity index is 3.43. The molecule has 0 saturated carbocycles. The molecule has 0 aliphatic rings. The quantitative estimate of drug-likeness (QED) is 0.532. The van der Waals surface area contributed by atoms with Gasteiger partial charge in [-0.15, -0.1) is 0 Å². The van der Waals surface area contributed by atoms with Crippen LogP contribution >= 0.6 is 11.6 Å². The second kappa shape index (κ2) is 5.90. The van der Waals surface area contributed by atoms with Gasteiger partial charge in [-0.1, -0.05) is 36.8 Å². The summed E-state index contributed by atoms with van der Waals surface area (Å²) in [5.41, 5.74) is 0. The molecule has 0 spiro atoms. The van der Waals surface area contributed by atoms with Crippen molar-refractivity contribution < 1.29 is 0 Å². The molecule has 0 saturated heterocycles. The van der Waals surface area contributed by atoms with Gasteiger partial charge in [0, 0.05) is 5.03 Å². The summed E-state index contributed by atoms with van der Waals surface area (Å²) in [6.45, 7) is 4.06. The first-order valence-corrected chi connectivity index (χ1v) is 3.64. The largest absolute Gasteiger partial charge is 0.0914 e. The molecular weight excluding hydrogens is 132 g/mol. The summed E-state index contributed by atoms with van der Waals surface area (Å²) in [5, 5.41) is 0.952. The van der Waals surface area contributed by atoms with Gasteiger partial charge in [-0.2, -0.15) is 0 Å². The first kappa shape index (κ1) is 8.77. The first-order chi connectivity index (χ1) is 4.31. The summed E-state index contributed by atoms with van der Waals surface area (Å²) >= 11 is 5.73. The van der Waals surface area contributed by atoms with Crippen molar-refractivity contribution in [3.05, 3.63) is 23.3 Å². The van der Waals surface area contributed by atoms with E-state index in [9.17, 15) is 0 Å². The number of halogens is 1. The van der Waals surface area contributed by atoms with Gasteiger partial charge >= 0.3 is 0 Å². The molecule has 0 nitrogen and oxygen atoms in total. The SMILES string of the molecule is C/C=C\C/C=C(/Cl)CC. The van der Waals surface area contributed by atoms with Crippen LogP contribution in [-0.2, 0) is 0 Å². The average molecular weight is 145 g/mol. The van der Waals surface area contributed by atoms with Crippen LogP contribution in [0.1, 0.15) is 26.7 Å². The van der Waals surface area contributed by atoms with Crippen molar-refractivity contribution in [3.63, 3.8) is 0 Å². The van der Waals surface area contributed by atoms with Gasteiger partial charge in [-0.05, 0) is 19.8 Å². The summed E-state index contributed by atoms with van der Waals surface area (Å²) in [6.07, 6.45) is 8.04. The summed E-state index contributed by atoms with van der Waals surface area (Å²) in [7, 11) is 0. The van der Waals surface area contributed by atoms with E-state index in [-0.39, 0.29) is 0 Å². The highest BCUT2D eigenvalue weighted by Gasteiger charge is 1.81. The summed E-state index contributed by atoms with van der Waals surface area (Å²) in [4.78, 5) is 0. The van der Waals surface area contributed by atoms with Crippen LogP contribution < -0.4 is 0 Å². The van der Waals surface area contributed by atoms with E-state index in [1.54, 1.807) is 0 Å². The van der Waals surface area contributed by atoms with Gasteiger partial charge in [0.2, 0.25) is 0 Å². The van der Waals surface area contributed by atoms with Gasteiger partial charge in [-0.3, -0.25) is 0 Å². The fourth-order valence-corrected chi connectivity index (χ4v) is 0.565. The van der Waals surface area contributed by atoms with Gasteiger partial charge < -0.3 is 0 Å². The molecule has 0 aliphatic carbocycles. The van der Waals surface area contributed by atoms with Crippen LogP contribution in [0.4, 0.5) is 0 Å². The first-order valence-electron chi connectivity index (χ1n) is 3.27. The second-order valence-corrected chi connectivity index (χ2v) is 2.29. The maximum atomic E-state index is 5.73. The normalized spacial score (nSPS) is 13.0. The molecule has 1 heteroatoms. The van der Waals surface area contributed by atoms with Crippen molar-refractivity contribution in [1.29, 1.82) is 0 Å². The van der Waals surface area contributed by atoms with Crippen LogP contribution in [0.25, 0.3) is 0 Å². The number of rotatable bonds is 3. The molecule has 0 heterocycles. The Morgan fingerprint density at radius 3 is 2.67 bits per heavy atom. The molecule has 0 amide bonds. The molecule has 0 aliphatic heterocycles. The van der Waals surface area contributed by atoms with E-state index in [1.807, 2.05) is 19.1 Å². The van der Waals surface area contributed by atoms with Crippen LogP contribution in [-0.4, -0.2) is 0 Å². The highest BCUT2D eigenvalue weighted by atomic mass is 35.5. The summed E-state index contributed by atoms with van der Waals surface area (Å²) < 4.78 is 0. The second-order valence-electron chi connectivity index (χ2n) is 1.81. The maximum absolute atomic E-state index is 5.73. The number of hydrogen-bond donors (Lipinski definition) is 0. The van der Waals surface area contributed by atoms with E-state index in [4.69, 9.17) is 11.6 Å². The minimum atomic E-state index is 0.944. The predicted octanol–water partition coefficient (Wildman–Crippen LogP) is 3.49. The maximum Gasteiger partial charge on any atom is 0.0141 e. The fraction of sp³-hybridized carbons (Fsp3) is 0.500. The van der Waals surface area contributed by atoms with Gasteiger partial charge in [0.1, 0.15) is 0 Å². The van der Waals surface area contributed by atoms with Crippen molar-refractivity contribution >= 4 is 11.6 Å². The number of hydrogen-bond acceptors (Lipinski definition) is 0. The van der Waals surface area contributed by atoms with E-state index in [0.717, 1.165) is 17.9 Å². The molecule has 0 radical (unpaired) electrons. The lowest BCUT2D eigenvalue weighted by Gasteiger charge is -1.87. The summed E-state index contributed by atoms with van der Waals surface area (Å²) in [6, 6.07) is 0. The molecule has 0 aromatic rings. The van der Waals surface area contributed by atoms with Gasteiger partial charge in [0.15, 0.2) is 0 Å². The lowest BCUT2D eigenvalue weighted by Crippen LogP contribution is -1.65. The highest BCUT2D eigenvalue weighted by Crippen LogP contribution is 2.06. The zero-order valence-electron chi connectivity index (χ0n) is 6.02. The van der Waals surface area contributed by atoms with Crippen LogP contribution in [0, 0.1) is 0 Å². The van der Waals surface area contributed by atoms with Crippen molar-refractivity contribution in [1.82, 2.24) is 0 Å². The molecule has 9 heavy (non-hydrogen) atoms. The Labute approximate surface area is 62.2 Å². The van der Waals surface area contributed by atoms with Crippen molar-refractivity contribution in [2.75, 3.05) is 0 Å². The lowest BCUT2D eigenvalue weighted by atomic mass is 10.3. The molecule has 52 valence electrons. The van der Waals surface area contributed by atoms with Gasteiger partial charge in [0.25, 0.3) is 0 Å². The molecule has 0 aromatic heterocycles. The molecule has 0 fully saturated rings. The monoisotopic (exact) mass is 144 g/mol. The molecule has 0 rings (SSSR count). The highest BCUT2D eigenvalue weighted by molar-refractivity contribution is 6.29. The van der Waals surface area contributed by atoms with Crippen LogP contribution in [0.3, 0.4) is 0 Å². The standard InChI is InChI=1S/C8H13Cl/c1-3-5-6-7-8(9)4-2/h3,5,7H,4,6H2,1-2H3/b5-3-,8-7+. The van der Waals surface area contributed by atoms with E-state index >= 15 is 0 Å². The third-order valence-electron chi connectivity index (χ3n) is 1.05. The average Bonchev–Trinajstić information content (AvgIpc) is 1.89. The van der Waals surface area contributed by atoms with E-state index in [0.29, 0.717) is 0 Å². The van der Waals surface area contributed by atoms with Crippen LogP contribution in [0.15, 0.2) is 23.3 Å². The molecule has 0 N–H and O–H groups in total. The van der Waals surface area contributed by atoms with Gasteiger partial charge in [0.05, 0.1) is 0 Å². The lowest BCUT2D eigenvalue weighted by molar-refractivity contribution is 1.17. The van der Waals surface area contributed by atoms with Crippen LogP contribution in [0.2, 0.25) is 0 Å². The summed E-state index contributed by atoms with van der Waals surface area (Å²) in [5.74, 6) is 0.